The van der Waals surface area contributed by atoms with Crippen LogP contribution in [0, 0.1) is 25.2 Å². The average molecular weight is 438 g/mol. The summed E-state index contributed by atoms with van der Waals surface area (Å²) in [6.45, 7) is 3.78. The summed E-state index contributed by atoms with van der Waals surface area (Å²) in [5.41, 5.74) is 4.21. The van der Waals surface area contributed by atoms with E-state index in [1.807, 2.05) is 54.8 Å². The van der Waals surface area contributed by atoms with Crippen molar-refractivity contribution >= 4 is 28.6 Å². The molecule has 4 rings (SSSR count). The summed E-state index contributed by atoms with van der Waals surface area (Å²) >= 11 is 0. The second kappa shape index (κ2) is 9.37. The second-order valence-electron chi connectivity index (χ2n) is 7.65. The maximum atomic E-state index is 12.6. The van der Waals surface area contributed by atoms with Crippen molar-refractivity contribution in [2.75, 3.05) is 11.9 Å². The van der Waals surface area contributed by atoms with Crippen LogP contribution in [0.15, 0.2) is 66.9 Å². The first kappa shape index (κ1) is 21.8. The monoisotopic (exact) mass is 438 g/mol. The van der Waals surface area contributed by atoms with E-state index in [-0.39, 0.29) is 0 Å². The SMILES string of the molecule is Cc1c(C#N)c(NC(=O)COC(=O)c2ccc3ncccc3c2)n(Cc2ccccc2)c1C. The number of hydrogen-bond donors (Lipinski definition) is 1. The van der Waals surface area contributed by atoms with E-state index in [0.29, 0.717) is 23.5 Å². The van der Waals surface area contributed by atoms with Crippen molar-refractivity contribution in [3.63, 3.8) is 0 Å². The quantitative estimate of drug-likeness (QED) is 0.451. The molecule has 1 N–H and O–H groups in total. The maximum Gasteiger partial charge on any atom is 0.338 e. The summed E-state index contributed by atoms with van der Waals surface area (Å²) in [5, 5.41) is 13.2. The van der Waals surface area contributed by atoms with Crippen molar-refractivity contribution < 1.29 is 14.3 Å². The predicted octanol–water partition coefficient (Wildman–Crippen LogP) is 4.37. The van der Waals surface area contributed by atoms with Crippen LogP contribution >= 0.6 is 0 Å². The van der Waals surface area contributed by atoms with Crippen LogP contribution in [0.4, 0.5) is 5.82 Å². The normalized spacial score (nSPS) is 10.6. The Kier molecular flexibility index (Phi) is 6.18. The summed E-state index contributed by atoms with van der Waals surface area (Å²) in [6, 6.07) is 20.6. The summed E-state index contributed by atoms with van der Waals surface area (Å²) in [7, 11) is 0. The number of esters is 1. The van der Waals surface area contributed by atoms with E-state index in [2.05, 4.69) is 16.4 Å². The van der Waals surface area contributed by atoms with E-state index in [4.69, 9.17) is 4.74 Å². The molecule has 0 fully saturated rings. The first-order valence-electron chi connectivity index (χ1n) is 10.4. The number of nitriles is 1. The number of ether oxygens (including phenoxy) is 1. The Morgan fingerprint density at radius 1 is 1.09 bits per heavy atom. The second-order valence-corrected chi connectivity index (χ2v) is 7.65. The van der Waals surface area contributed by atoms with Crippen LogP contribution in [-0.4, -0.2) is 28.0 Å². The summed E-state index contributed by atoms with van der Waals surface area (Å²) in [4.78, 5) is 29.3. The van der Waals surface area contributed by atoms with E-state index >= 15 is 0 Å². The number of rotatable bonds is 6. The highest BCUT2D eigenvalue weighted by molar-refractivity contribution is 5.97. The molecule has 4 aromatic rings. The molecular formula is C26H22N4O3. The maximum absolute atomic E-state index is 12.6. The first-order chi connectivity index (χ1) is 16.0. The van der Waals surface area contributed by atoms with Crippen LogP contribution < -0.4 is 5.32 Å². The van der Waals surface area contributed by atoms with Crippen LogP contribution in [0.2, 0.25) is 0 Å². The standard InChI is InChI=1S/C26H22N4O3/c1-17-18(2)30(15-19-7-4-3-5-8-19)25(22(17)14-27)29-24(31)16-33-26(32)21-10-11-23-20(13-21)9-6-12-28-23/h3-13H,15-16H2,1-2H3,(H,29,31). The van der Waals surface area contributed by atoms with Crippen LogP contribution in [0.5, 0.6) is 0 Å². The van der Waals surface area contributed by atoms with E-state index < -0.39 is 18.5 Å². The number of nitrogens with zero attached hydrogens (tertiary/aromatic N) is 3. The molecule has 0 atom stereocenters. The molecule has 2 aromatic heterocycles. The van der Waals surface area contributed by atoms with Gasteiger partial charge in [0.1, 0.15) is 11.9 Å². The summed E-state index contributed by atoms with van der Waals surface area (Å²) in [6.07, 6.45) is 1.68. The molecule has 7 nitrogen and oxygen atoms in total. The molecule has 33 heavy (non-hydrogen) atoms. The minimum atomic E-state index is -0.608. The Balaban J connectivity index is 1.49. The molecule has 0 bridgehead atoms. The van der Waals surface area contributed by atoms with E-state index in [9.17, 15) is 14.9 Å². The number of anilines is 1. The van der Waals surface area contributed by atoms with E-state index in [1.165, 1.54) is 0 Å². The van der Waals surface area contributed by atoms with Gasteiger partial charge < -0.3 is 14.6 Å². The van der Waals surface area contributed by atoms with Gasteiger partial charge in [-0.25, -0.2) is 4.79 Å². The van der Waals surface area contributed by atoms with Gasteiger partial charge in [-0.15, -0.1) is 0 Å². The minimum absolute atomic E-state index is 0.333. The highest BCUT2D eigenvalue weighted by Crippen LogP contribution is 2.27. The van der Waals surface area contributed by atoms with Crippen LogP contribution in [-0.2, 0) is 16.1 Å². The molecule has 0 aliphatic heterocycles. The molecule has 2 aromatic carbocycles. The van der Waals surface area contributed by atoms with Crippen molar-refractivity contribution in [1.29, 1.82) is 5.26 Å². The third-order valence-electron chi connectivity index (χ3n) is 5.56. The molecule has 0 saturated heterocycles. The number of pyridine rings is 1. The number of aromatic nitrogens is 2. The zero-order valence-corrected chi connectivity index (χ0v) is 18.3. The lowest BCUT2D eigenvalue weighted by molar-refractivity contribution is -0.119. The Labute approximate surface area is 191 Å². The molecule has 0 radical (unpaired) electrons. The van der Waals surface area contributed by atoms with E-state index in [0.717, 1.165) is 27.7 Å². The van der Waals surface area contributed by atoms with Crippen molar-refractivity contribution in [2.24, 2.45) is 0 Å². The zero-order chi connectivity index (χ0) is 23.4. The molecule has 164 valence electrons. The number of carbonyl (C=O) groups excluding carboxylic acids is 2. The van der Waals surface area contributed by atoms with Gasteiger partial charge in [-0.1, -0.05) is 36.4 Å². The molecule has 0 unspecified atom stereocenters. The zero-order valence-electron chi connectivity index (χ0n) is 18.3. The molecule has 0 saturated carbocycles. The first-order valence-corrected chi connectivity index (χ1v) is 10.4. The fourth-order valence-corrected chi connectivity index (χ4v) is 3.68. The summed E-state index contributed by atoms with van der Waals surface area (Å²) < 4.78 is 7.10. The van der Waals surface area contributed by atoms with Crippen LogP contribution in [0.3, 0.4) is 0 Å². The molecule has 2 heterocycles. The van der Waals surface area contributed by atoms with E-state index in [1.54, 1.807) is 30.5 Å². The highest BCUT2D eigenvalue weighted by Gasteiger charge is 2.20. The number of nitrogens with one attached hydrogen (secondary N) is 1. The molecule has 0 spiro atoms. The van der Waals surface area contributed by atoms with Gasteiger partial charge in [0, 0.05) is 23.8 Å². The molecule has 0 aliphatic rings. The average Bonchev–Trinajstić information content (AvgIpc) is 3.06. The number of fused-ring (bicyclic) bond motifs is 1. The van der Waals surface area contributed by atoms with Crippen molar-refractivity contribution in [3.05, 3.63) is 94.8 Å². The van der Waals surface area contributed by atoms with Gasteiger partial charge >= 0.3 is 5.97 Å². The number of benzene rings is 2. The Hall–Kier alpha value is -4.44. The Morgan fingerprint density at radius 3 is 2.64 bits per heavy atom. The van der Waals surface area contributed by atoms with Crippen molar-refractivity contribution in [1.82, 2.24) is 9.55 Å². The van der Waals surface area contributed by atoms with Gasteiger partial charge in [-0.05, 0) is 49.2 Å². The lowest BCUT2D eigenvalue weighted by Gasteiger charge is -2.13. The minimum Gasteiger partial charge on any atom is -0.452 e. The lowest BCUT2D eigenvalue weighted by atomic mass is 10.1. The largest absolute Gasteiger partial charge is 0.452 e. The molecular weight excluding hydrogens is 416 g/mol. The predicted molar refractivity (Wildman–Crippen MR) is 125 cm³/mol. The smallest absolute Gasteiger partial charge is 0.338 e. The highest BCUT2D eigenvalue weighted by atomic mass is 16.5. The van der Waals surface area contributed by atoms with Gasteiger partial charge in [0.15, 0.2) is 6.61 Å². The number of carbonyl (C=O) groups is 2. The van der Waals surface area contributed by atoms with Gasteiger partial charge in [0.2, 0.25) is 0 Å². The van der Waals surface area contributed by atoms with Crippen molar-refractivity contribution in [3.8, 4) is 6.07 Å². The lowest BCUT2D eigenvalue weighted by Crippen LogP contribution is -2.23. The van der Waals surface area contributed by atoms with Crippen LogP contribution in [0.1, 0.15) is 32.7 Å². The number of hydrogen-bond acceptors (Lipinski definition) is 5. The third kappa shape index (κ3) is 4.60. The van der Waals surface area contributed by atoms with Gasteiger partial charge in [-0.3, -0.25) is 9.78 Å². The van der Waals surface area contributed by atoms with Gasteiger partial charge in [0.05, 0.1) is 16.6 Å². The fourth-order valence-electron chi connectivity index (χ4n) is 3.68. The van der Waals surface area contributed by atoms with Gasteiger partial charge in [0.25, 0.3) is 5.91 Å². The molecule has 7 heteroatoms. The summed E-state index contributed by atoms with van der Waals surface area (Å²) in [5.74, 6) is -0.730. The third-order valence-corrected chi connectivity index (χ3v) is 5.56. The molecule has 1 amide bonds. The fraction of sp³-hybridized carbons (Fsp3) is 0.154. The van der Waals surface area contributed by atoms with Crippen LogP contribution in [0.25, 0.3) is 10.9 Å². The molecule has 0 aliphatic carbocycles. The Bertz CT molecular complexity index is 1380. The topological polar surface area (TPSA) is 97.0 Å². The van der Waals surface area contributed by atoms with Crippen molar-refractivity contribution in [2.45, 2.75) is 20.4 Å². The van der Waals surface area contributed by atoms with Gasteiger partial charge in [-0.2, -0.15) is 5.26 Å². The number of amides is 1. The Morgan fingerprint density at radius 2 is 1.88 bits per heavy atom.